The van der Waals surface area contributed by atoms with Crippen molar-refractivity contribution in [2.45, 2.75) is 19.9 Å². The minimum absolute atomic E-state index is 0.0550. The molecule has 0 saturated carbocycles. The van der Waals surface area contributed by atoms with Crippen molar-refractivity contribution < 1.29 is 4.79 Å². The van der Waals surface area contributed by atoms with Crippen LogP contribution in [0, 0.1) is 6.92 Å². The molecule has 2 rings (SSSR count). The van der Waals surface area contributed by atoms with E-state index < -0.39 is 0 Å². The van der Waals surface area contributed by atoms with Crippen LogP contribution in [0.15, 0.2) is 42.6 Å². The highest BCUT2D eigenvalue weighted by Gasteiger charge is 2.13. The fraction of sp³-hybridized carbons (Fsp3) is 0.200. The van der Waals surface area contributed by atoms with E-state index in [0.29, 0.717) is 10.7 Å². The van der Waals surface area contributed by atoms with Crippen molar-refractivity contribution in [2.75, 3.05) is 0 Å². The summed E-state index contributed by atoms with van der Waals surface area (Å²) in [5.74, 6) is -0.153. The summed E-state index contributed by atoms with van der Waals surface area (Å²) in [6.07, 6.45) is 1.52. The van der Waals surface area contributed by atoms with Gasteiger partial charge < -0.3 is 5.32 Å². The molecule has 1 heterocycles. The van der Waals surface area contributed by atoms with E-state index in [1.165, 1.54) is 6.20 Å². The molecule has 1 atom stereocenters. The third kappa shape index (κ3) is 3.32. The highest BCUT2D eigenvalue weighted by atomic mass is 35.5. The van der Waals surface area contributed by atoms with E-state index in [2.05, 4.69) is 10.3 Å². The summed E-state index contributed by atoms with van der Waals surface area (Å²) in [7, 11) is 0. The van der Waals surface area contributed by atoms with E-state index in [0.717, 1.165) is 11.1 Å². The molecule has 3 nitrogen and oxygen atoms in total. The van der Waals surface area contributed by atoms with Gasteiger partial charge in [0.25, 0.3) is 5.91 Å². The molecule has 0 radical (unpaired) electrons. The summed E-state index contributed by atoms with van der Waals surface area (Å²) in [5.41, 5.74) is 2.78. The van der Waals surface area contributed by atoms with Gasteiger partial charge in [-0.2, -0.15) is 0 Å². The number of rotatable bonds is 3. The first-order chi connectivity index (χ1) is 9.08. The summed E-state index contributed by atoms with van der Waals surface area (Å²) in [6, 6.07) is 11.1. The fourth-order valence-electron chi connectivity index (χ4n) is 1.97. The van der Waals surface area contributed by atoms with Crippen LogP contribution in [0.5, 0.6) is 0 Å². The summed E-state index contributed by atoms with van der Waals surface area (Å²) in [5, 5.41) is 3.27. The molecule has 0 spiro atoms. The number of amides is 1. The Balaban J connectivity index is 2.13. The Hall–Kier alpha value is -1.87. The molecule has 1 N–H and O–H groups in total. The SMILES string of the molecule is Cc1ccccc1C(C)NC(=O)c1ccnc(Cl)c1. The van der Waals surface area contributed by atoms with E-state index in [1.54, 1.807) is 12.1 Å². The molecule has 0 aliphatic carbocycles. The van der Waals surface area contributed by atoms with Crippen molar-refractivity contribution >= 4 is 17.5 Å². The van der Waals surface area contributed by atoms with Gasteiger partial charge in [0.2, 0.25) is 0 Å². The average Bonchev–Trinajstić information content (AvgIpc) is 2.39. The van der Waals surface area contributed by atoms with Crippen LogP contribution in [0.2, 0.25) is 5.15 Å². The summed E-state index contributed by atoms with van der Waals surface area (Å²) >= 11 is 5.78. The lowest BCUT2D eigenvalue weighted by Crippen LogP contribution is -2.27. The lowest BCUT2D eigenvalue weighted by atomic mass is 10.0. The van der Waals surface area contributed by atoms with Crippen LogP contribution in [0.3, 0.4) is 0 Å². The number of hydrogen-bond donors (Lipinski definition) is 1. The zero-order valence-corrected chi connectivity index (χ0v) is 11.6. The lowest BCUT2D eigenvalue weighted by Gasteiger charge is -2.16. The number of carbonyl (C=O) groups excluding carboxylic acids is 1. The van der Waals surface area contributed by atoms with Gasteiger partial charge in [0.05, 0.1) is 6.04 Å². The smallest absolute Gasteiger partial charge is 0.251 e. The highest BCUT2D eigenvalue weighted by molar-refractivity contribution is 6.29. The van der Waals surface area contributed by atoms with E-state index in [4.69, 9.17) is 11.6 Å². The van der Waals surface area contributed by atoms with Crippen molar-refractivity contribution in [2.24, 2.45) is 0 Å². The predicted molar refractivity (Wildman–Crippen MR) is 76.3 cm³/mol. The average molecular weight is 275 g/mol. The van der Waals surface area contributed by atoms with Crippen LogP contribution >= 0.6 is 11.6 Å². The van der Waals surface area contributed by atoms with E-state index in [9.17, 15) is 4.79 Å². The van der Waals surface area contributed by atoms with E-state index in [1.807, 2.05) is 38.1 Å². The van der Waals surface area contributed by atoms with Gasteiger partial charge in [-0.3, -0.25) is 4.79 Å². The van der Waals surface area contributed by atoms with Gasteiger partial charge in [-0.25, -0.2) is 4.98 Å². The number of pyridine rings is 1. The van der Waals surface area contributed by atoms with Crippen molar-refractivity contribution in [3.05, 3.63) is 64.4 Å². The van der Waals surface area contributed by atoms with Gasteiger partial charge in [0, 0.05) is 11.8 Å². The van der Waals surface area contributed by atoms with Crippen molar-refractivity contribution in [3.8, 4) is 0 Å². The summed E-state index contributed by atoms with van der Waals surface area (Å²) in [6.45, 7) is 3.99. The molecule has 1 aromatic carbocycles. The van der Waals surface area contributed by atoms with Crippen molar-refractivity contribution in [1.82, 2.24) is 10.3 Å². The van der Waals surface area contributed by atoms with Gasteiger partial charge in [-0.1, -0.05) is 35.9 Å². The third-order valence-electron chi connectivity index (χ3n) is 2.99. The second-order valence-electron chi connectivity index (χ2n) is 4.42. The zero-order valence-electron chi connectivity index (χ0n) is 10.9. The molecule has 98 valence electrons. The maximum absolute atomic E-state index is 12.1. The Morgan fingerprint density at radius 2 is 2.05 bits per heavy atom. The zero-order chi connectivity index (χ0) is 13.8. The molecule has 0 aliphatic rings. The van der Waals surface area contributed by atoms with Crippen LogP contribution in [0.1, 0.15) is 34.5 Å². The van der Waals surface area contributed by atoms with E-state index >= 15 is 0 Å². The van der Waals surface area contributed by atoms with Crippen LogP contribution < -0.4 is 5.32 Å². The molecular weight excluding hydrogens is 260 g/mol. The summed E-state index contributed by atoms with van der Waals surface area (Å²) in [4.78, 5) is 16.0. The molecule has 1 amide bonds. The van der Waals surface area contributed by atoms with Crippen LogP contribution in [-0.2, 0) is 0 Å². The number of nitrogens with zero attached hydrogens (tertiary/aromatic N) is 1. The third-order valence-corrected chi connectivity index (χ3v) is 3.20. The Bertz CT molecular complexity index is 598. The first kappa shape index (κ1) is 13.6. The molecule has 0 saturated heterocycles. The molecule has 0 fully saturated rings. The summed E-state index contributed by atoms with van der Waals surface area (Å²) < 4.78 is 0. The second-order valence-corrected chi connectivity index (χ2v) is 4.81. The number of carbonyl (C=O) groups is 1. The van der Waals surface area contributed by atoms with Gasteiger partial charge >= 0.3 is 0 Å². The minimum atomic E-state index is -0.153. The fourth-order valence-corrected chi connectivity index (χ4v) is 2.15. The first-order valence-corrected chi connectivity index (χ1v) is 6.43. The molecule has 0 bridgehead atoms. The number of benzene rings is 1. The van der Waals surface area contributed by atoms with Gasteiger partial charge in [0.1, 0.15) is 5.15 Å². The maximum Gasteiger partial charge on any atom is 0.251 e. The van der Waals surface area contributed by atoms with Gasteiger partial charge in [-0.05, 0) is 37.1 Å². The standard InChI is InChI=1S/C15H15ClN2O/c1-10-5-3-4-6-13(10)11(2)18-15(19)12-7-8-17-14(16)9-12/h3-9,11H,1-2H3,(H,18,19). The van der Waals surface area contributed by atoms with Crippen molar-refractivity contribution in [3.63, 3.8) is 0 Å². The van der Waals surface area contributed by atoms with Gasteiger partial charge in [0.15, 0.2) is 0 Å². The van der Waals surface area contributed by atoms with Gasteiger partial charge in [-0.15, -0.1) is 0 Å². The molecule has 1 aromatic heterocycles. The molecule has 4 heteroatoms. The minimum Gasteiger partial charge on any atom is -0.346 e. The lowest BCUT2D eigenvalue weighted by molar-refractivity contribution is 0.0939. The first-order valence-electron chi connectivity index (χ1n) is 6.06. The molecule has 1 unspecified atom stereocenters. The van der Waals surface area contributed by atoms with E-state index in [-0.39, 0.29) is 11.9 Å². The highest BCUT2D eigenvalue weighted by Crippen LogP contribution is 2.17. The maximum atomic E-state index is 12.1. The Labute approximate surface area is 117 Å². The normalized spacial score (nSPS) is 11.9. The molecule has 0 aliphatic heterocycles. The number of aryl methyl sites for hydroxylation is 1. The Morgan fingerprint density at radius 3 is 2.74 bits per heavy atom. The Morgan fingerprint density at radius 1 is 1.32 bits per heavy atom. The predicted octanol–water partition coefficient (Wildman–Crippen LogP) is 3.53. The topological polar surface area (TPSA) is 42.0 Å². The quantitative estimate of drug-likeness (QED) is 0.870. The van der Waals surface area contributed by atoms with Crippen LogP contribution in [0.25, 0.3) is 0 Å². The monoisotopic (exact) mass is 274 g/mol. The van der Waals surface area contributed by atoms with Crippen molar-refractivity contribution in [1.29, 1.82) is 0 Å². The van der Waals surface area contributed by atoms with Crippen LogP contribution in [-0.4, -0.2) is 10.9 Å². The number of aromatic nitrogens is 1. The molecular formula is C15H15ClN2O. The largest absolute Gasteiger partial charge is 0.346 e. The molecule has 2 aromatic rings. The second kappa shape index (κ2) is 5.85. The number of nitrogens with one attached hydrogen (secondary N) is 1. The number of hydrogen-bond acceptors (Lipinski definition) is 2. The number of halogens is 1. The Kier molecular flexibility index (Phi) is 4.17. The molecule has 19 heavy (non-hydrogen) atoms. The van der Waals surface area contributed by atoms with Crippen LogP contribution in [0.4, 0.5) is 0 Å².